The molecule has 1 fully saturated rings. The molecule has 192 valence electrons. The van der Waals surface area contributed by atoms with Crippen molar-refractivity contribution < 1.29 is 39.9 Å². The van der Waals surface area contributed by atoms with Crippen LogP contribution in [0.2, 0.25) is 0 Å². The van der Waals surface area contributed by atoms with Gasteiger partial charge in [-0.05, 0) is 44.9 Å². The van der Waals surface area contributed by atoms with Crippen molar-refractivity contribution in [3.63, 3.8) is 0 Å². The van der Waals surface area contributed by atoms with Gasteiger partial charge in [0.25, 0.3) is 6.43 Å². The van der Waals surface area contributed by atoms with Crippen LogP contribution in [0.3, 0.4) is 0 Å². The fourth-order valence-corrected chi connectivity index (χ4v) is 6.78. The van der Waals surface area contributed by atoms with Gasteiger partial charge in [-0.2, -0.15) is 13.9 Å². The number of carbonyl (C=O) groups is 1. The summed E-state index contributed by atoms with van der Waals surface area (Å²) in [5.74, 6) is -2.48. The Hall–Kier alpha value is -2.70. The van der Waals surface area contributed by atoms with Crippen LogP contribution in [0.15, 0.2) is 18.2 Å². The average molecular weight is 522 g/mol. The minimum atomic E-state index is -3.19. The Morgan fingerprint density at radius 1 is 1.26 bits per heavy atom. The number of ether oxygens (including phenoxy) is 1. The van der Waals surface area contributed by atoms with Gasteiger partial charge in [0, 0.05) is 29.2 Å². The summed E-state index contributed by atoms with van der Waals surface area (Å²) in [6.07, 6.45) is -2.28. The van der Waals surface area contributed by atoms with E-state index in [2.05, 4.69) is 15.2 Å². The number of fused-ring (bicyclic) bond motifs is 1. The van der Waals surface area contributed by atoms with Crippen LogP contribution >= 0.6 is 0 Å². The van der Waals surface area contributed by atoms with Crippen LogP contribution in [0, 0.1) is 11.7 Å². The van der Waals surface area contributed by atoms with Gasteiger partial charge in [0.05, 0.1) is 22.7 Å². The summed E-state index contributed by atoms with van der Waals surface area (Å²) in [7, 11) is -3.19. The second-order valence-corrected chi connectivity index (χ2v) is 11.4. The van der Waals surface area contributed by atoms with E-state index in [0.717, 1.165) is 22.9 Å². The van der Waals surface area contributed by atoms with Gasteiger partial charge in [0.15, 0.2) is 9.84 Å². The molecule has 0 radical (unpaired) electrons. The van der Waals surface area contributed by atoms with E-state index in [0.29, 0.717) is 11.3 Å². The molecular weight excluding hydrogens is 497 g/mol. The van der Waals surface area contributed by atoms with E-state index in [-0.39, 0.29) is 47.8 Å². The van der Waals surface area contributed by atoms with Crippen molar-refractivity contribution in [3.05, 3.63) is 35.3 Å². The molecule has 0 spiro atoms. The second-order valence-electron chi connectivity index (χ2n) is 9.34. The van der Waals surface area contributed by atoms with Crippen LogP contribution in [0.1, 0.15) is 37.6 Å². The number of rotatable bonds is 7. The average Bonchev–Trinajstić information content (AvgIpc) is 3.11. The molecule has 35 heavy (non-hydrogen) atoms. The molecule has 1 unspecified atom stereocenters. The van der Waals surface area contributed by atoms with Gasteiger partial charge in [-0.1, -0.05) is 0 Å². The summed E-state index contributed by atoms with van der Waals surface area (Å²) in [6.45, 7) is -0.276. The first-order valence-electron chi connectivity index (χ1n) is 10.9. The quantitative estimate of drug-likeness (QED) is 0.564. The first-order chi connectivity index (χ1) is 16.3. The number of aromatic nitrogens is 2. The van der Waals surface area contributed by atoms with Crippen LogP contribution in [0.25, 0.3) is 11.3 Å². The molecule has 1 amide bonds. The van der Waals surface area contributed by atoms with Crippen molar-refractivity contribution in [1.82, 2.24) is 15.1 Å². The fourth-order valence-electron chi connectivity index (χ4n) is 4.78. The normalized spacial score (nSPS) is 21.3. The highest BCUT2D eigenvalue weighted by atomic mass is 32.2. The standard InChI is InChI=1S/C22H24F5N3O4S/c1-11(19(24)25)30-17-7-12(20(31)28-22(2)9-35(32,33)10-22)3-5-14(17)18(29-30)15-8-13(34-21(26)27)4-6-16(15)23/h4,6,8,11-12,19,21H,3,5,7,9-10H2,1-2H3,(H,28,31)/t11?,12-/m1/s1. The van der Waals surface area contributed by atoms with Crippen molar-refractivity contribution in [2.24, 2.45) is 5.92 Å². The van der Waals surface area contributed by atoms with Gasteiger partial charge < -0.3 is 10.1 Å². The van der Waals surface area contributed by atoms with E-state index in [1.807, 2.05) is 0 Å². The number of nitrogens with zero attached hydrogens (tertiary/aromatic N) is 2. The van der Waals surface area contributed by atoms with Crippen LogP contribution in [0.4, 0.5) is 22.0 Å². The lowest BCUT2D eigenvalue weighted by Crippen LogP contribution is -2.64. The molecule has 0 bridgehead atoms. The van der Waals surface area contributed by atoms with Crippen molar-refractivity contribution in [2.75, 3.05) is 11.5 Å². The number of carbonyl (C=O) groups excluding carboxylic acids is 1. The minimum Gasteiger partial charge on any atom is -0.435 e. The number of hydrogen-bond donors (Lipinski definition) is 1. The first kappa shape index (κ1) is 25.4. The molecule has 2 atom stereocenters. The molecule has 1 aromatic carbocycles. The third-order valence-electron chi connectivity index (χ3n) is 6.34. The minimum absolute atomic E-state index is 0.0284. The molecule has 4 rings (SSSR count). The second kappa shape index (κ2) is 9.07. The zero-order chi connectivity index (χ0) is 25.7. The van der Waals surface area contributed by atoms with E-state index < -0.39 is 52.1 Å². The number of benzene rings is 1. The highest BCUT2D eigenvalue weighted by Gasteiger charge is 2.47. The predicted octanol–water partition coefficient (Wildman–Crippen LogP) is 3.52. The molecule has 1 aliphatic carbocycles. The SMILES string of the molecule is CC(C(F)F)n1nc(-c2cc(OC(F)F)ccc2F)c2c1C[C@H](C(=O)NC1(C)CS(=O)(=O)C1)CC2. The number of hydrogen-bond acceptors (Lipinski definition) is 5. The van der Waals surface area contributed by atoms with Crippen molar-refractivity contribution >= 4 is 15.7 Å². The molecule has 2 aliphatic rings. The zero-order valence-corrected chi connectivity index (χ0v) is 19.7. The number of amides is 1. The van der Waals surface area contributed by atoms with Gasteiger partial charge in [-0.15, -0.1) is 0 Å². The van der Waals surface area contributed by atoms with Crippen molar-refractivity contribution in [2.45, 2.75) is 57.7 Å². The predicted molar refractivity (Wildman–Crippen MR) is 116 cm³/mol. The Morgan fingerprint density at radius 2 is 1.94 bits per heavy atom. The lowest BCUT2D eigenvalue weighted by Gasteiger charge is -2.39. The van der Waals surface area contributed by atoms with E-state index in [4.69, 9.17) is 0 Å². The van der Waals surface area contributed by atoms with Crippen LogP contribution in [-0.2, 0) is 27.5 Å². The summed E-state index contributed by atoms with van der Waals surface area (Å²) in [5, 5.41) is 6.97. The van der Waals surface area contributed by atoms with Crippen LogP contribution in [0.5, 0.6) is 5.75 Å². The Labute approximate surface area is 198 Å². The molecule has 2 heterocycles. The molecule has 0 saturated carbocycles. The van der Waals surface area contributed by atoms with Crippen molar-refractivity contribution in [1.29, 1.82) is 0 Å². The summed E-state index contributed by atoms with van der Waals surface area (Å²) in [4.78, 5) is 12.9. The van der Waals surface area contributed by atoms with Gasteiger partial charge in [0.2, 0.25) is 5.91 Å². The smallest absolute Gasteiger partial charge is 0.387 e. The summed E-state index contributed by atoms with van der Waals surface area (Å²) in [6, 6.07) is 1.61. The van der Waals surface area contributed by atoms with Crippen LogP contribution in [-0.4, -0.2) is 54.2 Å². The molecular formula is C22H24F5N3O4S. The van der Waals surface area contributed by atoms with Gasteiger partial charge in [-0.25, -0.2) is 21.6 Å². The Morgan fingerprint density at radius 3 is 2.54 bits per heavy atom. The largest absolute Gasteiger partial charge is 0.435 e. The van der Waals surface area contributed by atoms with Gasteiger partial charge in [0.1, 0.15) is 17.6 Å². The highest BCUT2D eigenvalue weighted by Crippen LogP contribution is 2.38. The molecule has 1 aromatic heterocycles. The molecule has 13 heteroatoms. The van der Waals surface area contributed by atoms with Gasteiger partial charge in [-0.3, -0.25) is 9.48 Å². The monoisotopic (exact) mass is 521 g/mol. The number of sulfone groups is 1. The topological polar surface area (TPSA) is 90.3 Å². The van der Waals surface area contributed by atoms with Gasteiger partial charge >= 0.3 is 6.61 Å². The van der Waals surface area contributed by atoms with Crippen LogP contribution < -0.4 is 10.1 Å². The molecule has 1 N–H and O–H groups in total. The maximum Gasteiger partial charge on any atom is 0.387 e. The Balaban J connectivity index is 1.67. The van der Waals surface area contributed by atoms with E-state index in [1.165, 1.54) is 6.92 Å². The summed E-state index contributed by atoms with van der Waals surface area (Å²) >= 11 is 0. The van der Waals surface area contributed by atoms with E-state index in [9.17, 15) is 35.2 Å². The number of alkyl halides is 4. The number of halogens is 5. The van der Waals surface area contributed by atoms with Crippen molar-refractivity contribution in [3.8, 4) is 17.0 Å². The fraction of sp³-hybridized carbons (Fsp3) is 0.545. The lowest BCUT2D eigenvalue weighted by atomic mass is 9.84. The number of nitrogens with one attached hydrogen (secondary N) is 1. The maximum absolute atomic E-state index is 14.7. The van der Waals surface area contributed by atoms with E-state index >= 15 is 0 Å². The molecule has 2 aromatic rings. The molecule has 7 nitrogen and oxygen atoms in total. The molecule has 1 saturated heterocycles. The maximum atomic E-state index is 14.7. The van der Waals surface area contributed by atoms with E-state index in [1.54, 1.807) is 6.92 Å². The zero-order valence-electron chi connectivity index (χ0n) is 18.9. The lowest BCUT2D eigenvalue weighted by molar-refractivity contribution is -0.126. The summed E-state index contributed by atoms with van der Waals surface area (Å²) in [5.41, 5.74) is -0.251. The third-order valence-corrected chi connectivity index (χ3v) is 8.50. The Bertz CT molecular complexity index is 1240. The highest BCUT2D eigenvalue weighted by molar-refractivity contribution is 7.93. The summed E-state index contributed by atoms with van der Waals surface area (Å²) < 4.78 is 95.7. The molecule has 1 aliphatic heterocycles. The Kier molecular flexibility index (Phi) is 6.58. The third kappa shape index (κ3) is 5.14. The first-order valence-corrected chi connectivity index (χ1v) is 12.8.